The summed E-state index contributed by atoms with van der Waals surface area (Å²) in [5.74, 6) is 0.147. The van der Waals surface area contributed by atoms with Crippen molar-refractivity contribution in [2.45, 2.75) is 0 Å². The summed E-state index contributed by atoms with van der Waals surface area (Å²) in [6, 6.07) is 19.7. The van der Waals surface area contributed by atoms with Crippen LogP contribution in [0.15, 0.2) is 83.6 Å². The third-order valence-corrected chi connectivity index (χ3v) is 4.70. The molecule has 0 bridgehead atoms. The first-order valence-corrected chi connectivity index (χ1v) is 9.40. The number of fused-ring (bicyclic) bond motifs is 1. The van der Waals surface area contributed by atoms with Crippen molar-refractivity contribution in [3.05, 3.63) is 100 Å². The van der Waals surface area contributed by atoms with Crippen molar-refractivity contribution in [3.63, 3.8) is 0 Å². The first-order chi connectivity index (χ1) is 13.6. The van der Waals surface area contributed by atoms with Crippen molar-refractivity contribution in [2.24, 2.45) is 0 Å². The molecule has 2 aromatic heterocycles. The van der Waals surface area contributed by atoms with Crippen LogP contribution in [0.2, 0.25) is 0 Å². The van der Waals surface area contributed by atoms with E-state index in [4.69, 9.17) is 4.74 Å². The minimum absolute atomic E-state index is 0.120. The summed E-state index contributed by atoms with van der Waals surface area (Å²) >= 11 is 3.43. The van der Waals surface area contributed by atoms with Gasteiger partial charge in [0.25, 0.3) is 0 Å². The van der Waals surface area contributed by atoms with E-state index in [0.717, 1.165) is 0 Å². The van der Waals surface area contributed by atoms with Crippen molar-refractivity contribution in [2.75, 3.05) is 6.61 Å². The largest absolute Gasteiger partial charge is 0.481 e. The first-order valence-electron chi connectivity index (χ1n) is 8.61. The molecule has 0 saturated carbocycles. The molecule has 4 aromatic rings. The molecule has 0 N–H and O–H groups in total. The maximum absolute atomic E-state index is 12.8. The van der Waals surface area contributed by atoms with Crippen LogP contribution in [0.4, 0.5) is 0 Å². The van der Waals surface area contributed by atoms with Gasteiger partial charge in [0.05, 0.1) is 6.20 Å². The van der Waals surface area contributed by atoms with E-state index in [0.29, 0.717) is 32.7 Å². The van der Waals surface area contributed by atoms with E-state index >= 15 is 0 Å². The van der Waals surface area contributed by atoms with Gasteiger partial charge in [0.1, 0.15) is 5.69 Å². The Morgan fingerprint density at radius 3 is 2.29 bits per heavy atom. The number of rotatable bonds is 6. The predicted octanol–water partition coefficient (Wildman–Crippen LogP) is 4.59. The number of ketones is 2. The Hall–Kier alpha value is -3.25. The summed E-state index contributed by atoms with van der Waals surface area (Å²) in [6.45, 7) is -0.120. The van der Waals surface area contributed by atoms with Crippen LogP contribution in [-0.2, 0) is 0 Å². The van der Waals surface area contributed by atoms with E-state index in [2.05, 4.69) is 20.9 Å². The van der Waals surface area contributed by atoms with Gasteiger partial charge in [0.15, 0.2) is 23.8 Å². The number of pyridine rings is 1. The summed E-state index contributed by atoms with van der Waals surface area (Å²) < 4.78 is 8.12. The molecule has 0 spiro atoms. The standard InChI is InChI=1S/C22H15BrN2O3/c23-17-11-20(28-14-19(26)15-7-3-1-4-8-15)22-24-12-18(25(22)13-17)21(27)16-9-5-2-6-10-16/h1-13H,14H2. The van der Waals surface area contributed by atoms with Crippen molar-refractivity contribution in [1.29, 1.82) is 0 Å². The summed E-state index contributed by atoms with van der Waals surface area (Å²) in [7, 11) is 0. The van der Waals surface area contributed by atoms with Crippen molar-refractivity contribution < 1.29 is 14.3 Å². The zero-order valence-electron chi connectivity index (χ0n) is 14.7. The van der Waals surface area contributed by atoms with Crippen LogP contribution in [-0.4, -0.2) is 27.6 Å². The zero-order valence-corrected chi connectivity index (χ0v) is 16.3. The number of nitrogens with zero attached hydrogens (tertiary/aromatic N) is 2. The summed E-state index contributed by atoms with van der Waals surface area (Å²) in [6.07, 6.45) is 3.27. The second-order valence-corrected chi connectivity index (χ2v) is 7.05. The molecule has 6 heteroatoms. The predicted molar refractivity (Wildman–Crippen MR) is 109 cm³/mol. The Bertz CT molecular complexity index is 1150. The molecule has 2 heterocycles. The fourth-order valence-electron chi connectivity index (χ4n) is 2.89. The highest BCUT2D eigenvalue weighted by atomic mass is 79.9. The molecule has 0 amide bonds. The Morgan fingerprint density at radius 2 is 1.61 bits per heavy atom. The van der Waals surface area contributed by atoms with E-state index in [1.165, 1.54) is 6.20 Å². The lowest BCUT2D eigenvalue weighted by molar-refractivity contribution is 0.0921. The highest BCUT2D eigenvalue weighted by molar-refractivity contribution is 9.10. The fourth-order valence-corrected chi connectivity index (χ4v) is 3.30. The normalized spacial score (nSPS) is 10.8. The van der Waals surface area contributed by atoms with E-state index in [1.54, 1.807) is 53.1 Å². The van der Waals surface area contributed by atoms with Crippen molar-refractivity contribution in [1.82, 2.24) is 9.38 Å². The van der Waals surface area contributed by atoms with Crippen molar-refractivity contribution in [3.8, 4) is 5.75 Å². The molecule has 0 fully saturated rings. The molecule has 2 aromatic carbocycles. The van der Waals surface area contributed by atoms with Crippen LogP contribution in [0.3, 0.4) is 0 Å². The monoisotopic (exact) mass is 434 g/mol. The van der Waals surface area contributed by atoms with Crippen LogP contribution < -0.4 is 4.74 Å². The number of imidazole rings is 1. The van der Waals surface area contributed by atoms with Crippen LogP contribution in [0, 0.1) is 0 Å². The quantitative estimate of drug-likeness (QED) is 0.416. The van der Waals surface area contributed by atoms with Crippen molar-refractivity contribution >= 4 is 33.1 Å². The molecule has 0 saturated heterocycles. The Labute approximate surface area is 169 Å². The molecule has 0 atom stereocenters. The molecule has 4 rings (SSSR count). The van der Waals surface area contributed by atoms with Gasteiger partial charge in [-0.1, -0.05) is 60.7 Å². The minimum atomic E-state index is -0.141. The average molecular weight is 435 g/mol. The highest BCUT2D eigenvalue weighted by Gasteiger charge is 2.18. The van der Waals surface area contributed by atoms with E-state index < -0.39 is 0 Å². The van der Waals surface area contributed by atoms with Gasteiger partial charge in [-0.3, -0.25) is 14.0 Å². The van der Waals surface area contributed by atoms with Crippen LogP contribution in [0.1, 0.15) is 26.4 Å². The van der Waals surface area contributed by atoms with Crippen LogP contribution in [0.5, 0.6) is 5.75 Å². The lowest BCUT2D eigenvalue weighted by Crippen LogP contribution is -2.12. The second kappa shape index (κ2) is 7.78. The van der Waals surface area contributed by atoms with Gasteiger partial charge >= 0.3 is 0 Å². The third kappa shape index (κ3) is 3.59. The summed E-state index contributed by atoms with van der Waals surface area (Å²) in [5, 5.41) is 0. The first kappa shape index (κ1) is 18.1. The smallest absolute Gasteiger partial charge is 0.211 e. The second-order valence-electron chi connectivity index (χ2n) is 6.13. The van der Waals surface area contributed by atoms with Gasteiger partial charge in [-0.15, -0.1) is 0 Å². The number of halogens is 1. The number of benzene rings is 2. The number of carbonyl (C=O) groups is 2. The van der Waals surface area contributed by atoms with Gasteiger partial charge in [0, 0.05) is 21.8 Å². The number of Topliss-reactive ketones (excluding diaryl/α,β-unsaturated/α-hetero) is 1. The Kier molecular flexibility index (Phi) is 5.04. The number of carbonyl (C=O) groups excluding carboxylic acids is 2. The molecule has 5 nitrogen and oxygen atoms in total. The number of ether oxygens (including phenoxy) is 1. The molecule has 0 radical (unpaired) electrons. The maximum atomic E-state index is 12.8. The molecule has 0 aliphatic rings. The van der Waals surface area contributed by atoms with Gasteiger partial charge in [0.2, 0.25) is 5.78 Å². The molecule has 0 aliphatic carbocycles. The maximum Gasteiger partial charge on any atom is 0.211 e. The minimum Gasteiger partial charge on any atom is -0.481 e. The van der Waals surface area contributed by atoms with Gasteiger partial charge in [-0.05, 0) is 22.0 Å². The van der Waals surface area contributed by atoms with Gasteiger partial charge in [-0.2, -0.15) is 0 Å². The SMILES string of the molecule is O=C(COc1cc(Br)cn2c(C(=O)c3ccccc3)cnc12)c1ccccc1. The van der Waals surface area contributed by atoms with E-state index in [-0.39, 0.29) is 18.2 Å². The zero-order chi connectivity index (χ0) is 19.5. The molecule has 0 aliphatic heterocycles. The van der Waals surface area contributed by atoms with Gasteiger partial charge in [-0.25, -0.2) is 4.98 Å². The fraction of sp³-hybridized carbons (Fsp3) is 0.0455. The number of aromatic nitrogens is 2. The Balaban J connectivity index is 1.64. The average Bonchev–Trinajstić information content (AvgIpc) is 3.16. The lowest BCUT2D eigenvalue weighted by Gasteiger charge is -2.09. The van der Waals surface area contributed by atoms with Gasteiger partial charge < -0.3 is 4.74 Å². The topological polar surface area (TPSA) is 60.7 Å². The van der Waals surface area contributed by atoms with E-state index in [9.17, 15) is 9.59 Å². The molecule has 0 unspecified atom stereocenters. The summed E-state index contributed by atoms with van der Waals surface area (Å²) in [4.78, 5) is 29.5. The van der Waals surface area contributed by atoms with Crippen LogP contribution >= 0.6 is 15.9 Å². The summed E-state index contributed by atoms with van der Waals surface area (Å²) in [5.41, 5.74) is 2.05. The number of hydrogen-bond acceptors (Lipinski definition) is 4. The molecule has 28 heavy (non-hydrogen) atoms. The Morgan fingerprint density at radius 1 is 0.964 bits per heavy atom. The molecule has 138 valence electrons. The highest BCUT2D eigenvalue weighted by Crippen LogP contribution is 2.26. The third-order valence-electron chi connectivity index (χ3n) is 4.26. The number of hydrogen-bond donors (Lipinski definition) is 0. The molecular weight excluding hydrogens is 420 g/mol. The van der Waals surface area contributed by atoms with Crippen LogP contribution in [0.25, 0.3) is 5.65 Å². The van der Waals surface area contributed by atoms with E-state index in [1.807, 2.05) is 24.3 Å². The lowest BCUT2D eigenvalue weighted by atomic mass is 10.1. The molecular formula is C22H15BrN2O3.